The lowest BCUT2D eigenvalue weighted by Gasteiger charge is -2.31. The fourth-order valence-electron chi connectivity index (χ4n) is 3.10. The van der Waals surface area contributed by atoms with E-state index in [9.17, 15) is 0 Å². The van der Waals surface area contributed by atoms with Crippen molar-refractivity contribution in [1.82, 2.24) is 24.9 Å². The molecule has 0 spiro atoms. The van der Waals surface area contributed by atoms with Gasteiger partial charge in [0.25, 0.3) is 5.78 Å². The van der Waals surface area contributed by atoms with Crippen LogP contribution in [0.4, 0.5) is 5.82 Å². The van der Waals surface area contributed by atoms with E-state index in [4.69, 9.17) is 0 Å². The number of nitrogens with one attached hydrogen (secondary N) is 1. The van der Waals surface area contributed by atoms with Crippen LogP contribution in [0.25, 0.3) is 5.78 Å². The zero-order valence-electron chi connectivity index (χ0n) is 12.9. The highest BCUT2D eigenvalue weighted by molar-refractivity contribution is 5.47. The average molecular weight is 288 g/mol. The van der Waals surface area contributed by atoms with E-state index in [0.29, 0.717) is 11.7 Å². The van der Waals surface area contributed by atoms with Crippen LogP contribution >= 0.6 is 0 Å². The molecule has 0 radical (unpaired) electrons. The predicted octanol–water partition coefficient (Wildman–Crippen LogP) is 1.65. The second-order valence-corrected chi connectivity index (χ2v) is 5.89. The maximum absolute atomic E-state index is 4.44. The topological polar surface area (TPSA) is 58.3 Å². The standard InChI is InChI=1S/C15H24N6/c1-3-7-20(10-13-5-4-6-16-9-13)14-8-12(2)19-15-17-11-18-21(14)15/h8,11,13,16H,3-7,9-10H2,1-2H3. The lowest BCUT2D eigenvalue weighted by molar-refractivity contribution is 0.375. The molecule has 2 aromatic rings. The number of rotatable bonds is 5. The van der Waals surface area contributed by atoms with Gasteiger partial charge in [0.15, 0.2) is 0 Å². The Kier molecular flexibility index (Phi) is 4.34. The minimum atomic E-state index is 0.688. The van der Waals surface area contributed by atoms with E-state index in [2.05, 4.69) is 38.3 Å². The number of nitrogens with zero attached hydrogens (tertiary/aromatic N) is 5. The smallest absolute Gasteiger partial charge is 0.254 e. The van der Waals surface area contributed by atoms with Gasteiger partial charge in [-0.3, -0.25) is 0 Å². The Morgan fingerprint density at radius 2 is 2.38 bits per heavy atom. The molecule has 6 nitrogen and oxygen atoms in total. The van der Waals surface area contributed by atoms with Gasteiger partial charge in [0.2, 0.25) is 0 Å². The first-order chi connectivity index (χ1) is 10.3. The molecule has 6 heteroatoms. The number of aryl methyl sites for hydroxylation is 1. The van der Waals surface area contributed by atoms with Crippen LogP contribution < -0.4 is 10.2 Å². The van der Waals surface area contributed by atoms with Gasteiger partial charge in [-0.1, -0.05) is 6.92 Å². The van der Waals surface area contributed by atoms with Crippen molar-refractivity contribution in [2.45, 2.75) is 33.1 Å². The van der Waals surface area contributed by atoms with Crippen molar-refractivity contribution < 1.29 is 0 Å². The van der Waals surface area contributed by atoms with E-state index < -0.39 is 0 Å². The van der Waals surface area contributed by atoms with Gasteiger partial charge in [0, 0.05) is 24.8 Å². The molecule has 3 heterocycles. The highest BCUT2D eigenvalue weighted by Gasteiger charge is 2.19. The van der Waals surface area contributed by atoms with Crippen LogP contribution in [0.1, 0.15) is 31.9 Å². The lowest BCUT2D eigenvalue weighted by Crippen LogP contribution is -2.39. The minimum Gasteiger partial charge on any atom is -0.356 e. The van der Waals surface area contributed by atoms with Crippen molar-refractivity contribution in [1.29, 1.82) is 0 Å². The Balaban J connectivity index is 1.88. The number of anilines is 1. The third kappa shape index (κ3) is 3.15. The van der Waals surface area contributed by atoms with Crippen LogP contribution in [0, 0.1) is 12.8 Å². The number of fused-ring (bicyclic) bond motifs is 1. The first kappa shape index (κ1) is 14.3. The largest absolute Gasteiger partial charge is 0.356 e. The molecule has 0 aliphatic carbocycles. The summed E-state index contributed by atoms with van der Waals surface area (Å²) in [6, 6.07) is 2.12. The van der Waals surface area contributed by atoms with Gasteiger partial charge in [-0.2, -0.15) is 14.6 Å². The minimum absolute atomic E-state index is 0.688. The Morgan fingerprint density at radius 3 is 3.14 bits per heavy atom. The summed E-state index contributed by atoms with van der Waals surface area (Å²) >= 11 is 0. The molecule has 2 aromatic heterocycles. The normalized spacial score (nSPS) is 19.0. The fraction of sp³-hybridized carbons (Fsp3) is 0.667. The molecule has 1 unspecified atom stereocenters. The Labute approximate surface area is 125 Å². The van der Waals surface area contributed by atoms with Gasteiger partial charge in [0.1, 0.15) is 12.1 Å². The van der Waals surface area contributed by atoms with Crippen molar-refractivity contribution in [3.63, 3.8) is 0 Å². The molecule has 1 N–H and O–H groups in total. The number of hydrogen-bond acceptors (Lipinski definition) is 5. The second kappa shape index (κ2) is 6.39. The van der Waals surface area contributed by atoms with Gasteiger partial charge < -0.3 is 10.2 Å². The van der Waals surface area contributed by atoms with Crippen molar-refractivity contribution in [2.75, 3.05) is 31.1 Å². The molecule has 0 amide bonds. The zero-order valence-corrected chi connectivity index (χ0v) is 12.9. The Bertz CT molecular complexity index is 587. The summed E-state index contributed by atoms with van der Waals surface area (Å²) in [7, 11) is 0. The third-order valence-electron chi connectivity index (χ3n) is 4.06. The highest BCUT2D eigenvalue weighted by Crippen LogP contribution is 2.20. The van der Waals surface area contributed by atoms with Crippen molar-refractivity contribution in [2.24, 2.45) is 5.92 Å². The molecule has 0 aromatic carbocycles. The highest BCUT2D eigenvalue weighted by atomic mass is 15.4. The lowest BCUT2D eigenvalue weighted by atomic mass is 9.99. The maximum atomic E-state index is 4.44. The maximum Gasteiger partial charge on any atom is 0.254 e. The van der Waals surface area contributed by atoms with E-state index in [1.54, 1.807) is 6.33 Å². The van der Waals surface area contributed by atoms with Crippen molar-refractivity contribution >= 4 is 11.6 Å². The molecule has 3 rings (SSSR count). The summed E-state index contributed by atoms with van der Waals surface area (Å²) in [5.41, 5.74) is 0.994. The van der Waals surface area contributed by atoms with Gasteiger partial charge in [-0.15, -0.1) is 0 Å². The van der Waals surface area contributed by atoms with Crippen molar-refractivity contribution in [3.8, 4) is 0 Å². The zero-order chi connectivity index (χ0) is 14.7. The fourth-order valence-corrected chi connectivity index (χ4v) is 3.10. The van der Waals surface area contributed by atoms with E-state index >= 15 is 0 Å². The summed E-state index contributed by atoms with van der Waals surface area (Å²) in [6.07, 6.45) is 5.28. The summed E-state index contributed by atoms with van der Waals surface area (Å²) in [5.74, 6) is 2.51. The van der Waals surface area contributed by atoms with E-state index in [1.807, 2.05) is 11.4 Å². The van der Waals surface area contributed by atoms with Crippen molar-refractivity contribution in [3.05, 3.63) is 18.1 Å². The molecular weight excluding hydrogens is 264 g/mol. The van der Waals surface area contributed by atoms with Gasteiger partial charge >= 0.3 is 0 Å². The molecule has 1 aliphatic rings. The second-order valence-electron chi connectivity index (χ2n) is 5.89. The summed E-state index contributed by atoms with van der Waals surface area (Å²) in [6.45, 7) is 8.62. The average Bonchev–Trinajstić information content (AvgIpc) is 2.95. The van der Waals surface area contributed by atoms with E-state index in [1.165, 1.54) is 12.8 Å². The molecular formula is C15H24N6. The van der Waals surface area contributed by atoms with E-state index in [-0.39, 0.29) is 0 Å². The molecule has 21 heavy (non-hydrogen) atoms. The molecule has 114 valence electrons. The molecule has 0 saturated carbocycles. The quantitative estimate of drug-likeness (QED) is 0.906. The predicted molar refractivity (Wildman–Crippen MR) is 83.6 cm³/mol. The van der Waals surface area contributed by atoms with Crippen LogP contribution in [0.5, 0.6) is 0 Å². The van der Waals surface area contributed by atoms with Crippen LogP contribution in [-0.4, -0.2) is 45.8 Å². The molecule has 1 saturated heterocycles. The first-order valence-electron chi connectivity index (χ1n) is 7.91. The SMILES string of the molecule is CCCN(CC1CCCNC1)c1cc(C)nc2ncnn12. The molecule has 1 aliphatic heterocycles. The number of piperidine rings is 1. The van der Waals surface area contributed by atoms with Gasteiger partial charge in [-0.05, 0) is 45.2 Å². The Morgan fingerprint density at radius 1 is 1.48 bits per heavy atom. The first-order valence-corrected chi connectivity index (χ1v) is 7.91. The molecule has 1 fully saturated rings. The van der Waals surface area contributed by atoms with Crippen LogP contribution in [0.3, 0.4) is 0 Å². The number of aromatic nitrogens is 4. The molecule has 1 atom stereocenters. The monoisotopic (exact) mass is 288 g/mol. The summed E-state index contributed by atoms with van der Waals surface area (Å²) in [5, 5.41) is 7.85. The van der Waals surface area contributed by atoms with E-state index in [0.717, 1.165) is 44.1 Å². The van der Waals surface area contributed by atoms with Gasteiger partial charge in [0.05, 0.1) is 0 Å². The summed E-state index contributed by atoms with van der Waals surface area (Å²) < 4.78 is 1.86. The molecule has 0 bridgehead atoms. The summed E-state index contributed by atoms with van der Waals surface area (Å²) in [4.78, 5) is 11.1. The van der Waals surface area contributed by atoms with Gasteiger partial charge in [-0.25, -0.2) is 4.98 Å². The Hall–Kier alpha value is -1.69. The van der Waals surface area contributed by atoms with Crippen LogP contribution in [0.2, 0.25) is 0 Å². The van der Waals surface area contributed by atoms with Crippen LogP contribution in [0.15, 0.2) is 12.4 Å². The van der Waals surface area contributed by atoms with Crippen LogP contribution in [-0.2, 0) is 0 Å². The third-order valence-corrected chi connectivity index (χ3v) is 4.06. The number of hydrogen-bond donors (Lipinski definition) is 1.